The number of hydrazone groups is 1. The second-order valence-corrected chi connectivity index (χ2v) is 9.41. The molecule has 5 heteroatoms. The van der Waals surface area contributed by atoms with E-state index in [1.165, 1.54) is 35.1 Å². The first kappa shape index (κ1) is 20.2. The number of hydrogen-bond donors (Lipinski definition) is 1. The molecule has 1 aliphatic heterocycles. The fraction of sp³-hybridized carbons (Fsp3) is 0.458. The molecule has 4 rings (SSSR count). The van der Waals surface area contributed by atoms with Crippen LogP contribution in [0, 0.1) is 6.92 Å². The summed E-state index contributed by atoms with van der Waals surface area (Å²) in [6, 6.07) is 13.1. The fourth-order valence-corrected chi connectivity index (χ4v) is 3.97. The van der Waals surface area contributed by atoms with E-state index in [9.17, 15) is 0 Å². The van der Waals surface area contributed by atoms with Crippen molar-refractivity contribution in [2.75, 3.05) is 0 Å². The van der Waals surface area contributed by atoms with Crippen molar-refractivity contribution >= 4 is 18.8 Å². The normalized spacial score (nSPS) is 20.5. The van der Waals surface area contributed by atoms with Crippen molar-refractivity contribution in [2.45, 2.75) is 71.0 Å². The molecule has 2 N–H and O–H groups in total. The highest BCUT2D eigenvalue weighted by molar-refractivity contribution is 6.62. The van der Waals surface area contributed by atoms with Gasteiger partial charge in [0.05, 0.1) is 17.4 Å². The van der Waals surface area contributed by atoms with Gasteiger partial charge in [-0.05, 0) is 99.1 Å². The summed E-state index contributed by atoms with van der Waals surface area (Å²) in [6.45, 7) is 10.5. The van der Waals surface area contributed by atoms with Crippen LogP contribution in [0.5, 0.6) is 0 Å². The molecule has 0 atom stereocenters. The van der Waals surface area contributed by atoms with E-state index in [1.54, 1.807) is 6.21 Å². The average molecular weight is 390 g/mol. The summed E-state index contributed by atoms with van der Waals surface area (Å²) in [5.74, 6) is 6.20. The number of benzene rings is 2. The quantitative estimate of drug-likeness (QED) is 0.363. The Kier molecular flexibility index (Phi) is 5.08. The van der Waals surface area contributed by atoms with Crippen molar-refractivity contribution in [3.8, 4) is 0 Å². The Balaban J connectivity index is 1.63. The molecule has 1 saturated heterocycles. The van der Waals surface area contributed by atoms with Gasteiger partial charge in [-0.1, -0.05) is 30.3 Å². The Morgan fingerprint density at radius 3 is 2.38 bits per heavy atom. The molecule has 152 valence electrons. The lowest BCUT2D eigenvalue weighted by molar-refractivity contribution is 0.00578. The van der Waals surface area contributed by atoms with Gasteiger partial charge in [0.15, 0.2) is 0 Å². The summed E-state index contributed by atoms with van der Waals surface area (Å²) in [5.41, 5.74) is 6.63. The zero-order chi connectivity index (χ0) is 20.8. The Hall–Kier alpha value is -2.11. The molecule has 4 nitrogen and oxygen atoms in total. The first-order valence-corrected chi connectivity index (χ1v) is 10.5. The third-order valence-corrected chi connectivity index (χ3v) is 6.81. The van der Waals surface area contributed by atoms with Crippen molar-refractivity contribution in [2.24, 2.45) is 10.9 Å². The standard InChI is InChI=1S/C24H31BN2O2/c1-16-18(7-6-8-22(16)25-28-23(2,3)24(4,5)29-25)13-20-12-11-19(17-9-10-17)14-21(20)15-27-26/h6-8,11-12,14-15,17H,9-10,13,26H2,1-5H3/b27-15-. The SMILES string of the molecule is Cc1c(Cc2ccc(C3CC3)cc2/C=N\N)cccc1B1OC(C)(C)C(C)(C)O1. The Labute approximate surface area is 174 Å². The first-order chi connectivity index (χ1) is 13.7. The van der Waals surface area contributed by atoms with Crippen LogP contribution in [0.4, 0.5) is 0 Å². The molecule has 1 aliphatic carbocycles. The first-order valence-electron chi connectivity index (χ1n) is 10.5. The van der Waals surface area contributed by atoms with E-state index < -0.39 is 0 Å². The van der Waals surface area contributed by atoms with Crippen LogP contribution in [-0.2, 0) is 15.7 Å². The lowest BCUT2D eigenvalue weighted by Gasteiger charge is -2.32. The van der Waals surface area contributed by atoms with Crippen LogP contribution in [0.3, 0.4) is 0 Å². The lowest BCUT2D eigenvalue weighted by Crippen LogP contribution is -2.41. The molecule has 1 heterocycles. The van der Waals surface area contributed by atoms with Crippen molar-refractivity contribution in [1.29, 1.82) is 0 Å². The molecule has 0 spiro atoms. The molecule has 29 heavy (non-hydrogen) atoms. The number of rotatable bonds is 5. The molecule has 2 aliphatic rings. The van der Waals surface area contributed by atoms with Crippen LogP contribution in [0.2, 0.25) is 0 Å². The molecule has 0 unspecified atom stereocenters. The molecule has 2 aromatic rings. The molecular weight excluding hydrogens is 359 g/mol. The monoisotopic (exact) mass is 390 g/mol. The minimum Gasteiger partial charge on any atom is -0.399 e. The highest BCUT2D eigenvalue weighted by Gasteiger charge is 2.52. The van der Waals surface area contributed by atoms with E-state index in [0.717, 1.165) is 17.4 Å². The highest BCUT2D eigenvalue weighted by atomic mass is 16.7. The Morgan fingerprint density at radius 1 is 1.07 bits per heavy atom. The van der Waals surface area contributed by atoms with Crippen molar-refractivity contribution in [1.82, 2.24) is 0 Å². The maximum Gasteiger partial charge on any atom is 0.495 e. The Bertz CT molecular complexity index is 932. The van der Waals surface area contributed by atoms with E-state index in [-0.39, 0.29) is 18.3 Å². The van der Waals surface area contributed by atoms with Gasteiger partial charge in [-0.15, -0.1) is 0 Å². The maximum atomic E-state index is 6.29. The van der Waals surface area contributed by atoms with Crippen LogP contribution in [0.1, 0.15) is 74.3 Å². The molecule has 0 bridgehead atoms. The number of nitrogens with two attached hydrogens (primary N) is 1. The van der Waals surface area contributed by atoms with Crippen LogP contribution >= 0.6 is 0 Å². The van der Waals surface area contributed by atoms with Gasteiger partial charge in [-0.25, -0.2) is 0 Å². The van der Waals surface area contributed by atoms with Gasteiger partial charge >= 0.3 is 7.12 Å². The summed E-state index contributed by atoms with van der Waals surface area (Å²) in [6.07, 6.45) is 5.17. The van der Waals surface area contributed by atoms with E-state index in [2.05, 4.69) is 76.1 Å². The second-order valence-electron chi connectivity index (χ2n) is 9.41. The predicted molar refractivity (Wildman–Crippen MR) is 120 cm³/mol. The summed E-state index contributed by atoms with van der Waals surface area (Å²) in [7, 11) is -0.345. The van der Waals surface area contributed by atoms with Crippen LogP contribution in [0.15, 0.2) is 41.5 Å². The molecule has 0 aromatic heterocycles. The van der Waals surface area contributed by atoms with Gasteiger partial charge < -0.3 is 15.2 Å². The largest absolute Gasteiger partial charge is 0.495 e. The van der Waals surface area contributed by atoms with Crippen molar-refractivity contribution < 1.29 is 9.31 Å². The molecule has 2 fully saturated rings. The summed E-state index contributed by atoms with van der Waals surface area (Å²) >= 11 is 0. The van der Waals surface area contributed by atoms with Crippen molar-refractivity contribution in [3.63, 3.8) is 0 Å². The van der Waals surface area contributed by atoms with E-state index >= 15 is 0 Å². The third-order valence-electron chi connectivity index (χ3n) is 6.81. The summed E-state index contributed by atoms with van der Waals surface area (Å²) in [4.78, 5) is 0. The highest BCUT2D eigenvalue weighted by Crippen LogP contribution is 2.40. The van der Waals surface area contributed by atoms with Gasteiger partial charge in [0.2, 0.25) is 0 Å². The van der Waals surface area contributed by atoms with Crippen LogP contribution < -0.4 is 11.3 Å². The van der Waals surface area contributed by atoms with Gasteiger partial charge in [0.1, 0.15) is 0 Å². The number of hydrogen-bond acceptors (Lipinski definition) is 4. The second kappa shape index (κ2) is 7.30. The topological polar surface area (TPSA) is 56.8 Å². The van der Waals surface area contributed by atoms with Gasteiger partial charge in [-0.2, -0.15) is 5.10 Å². The van der Waals surface area contributed by atoms with E-state index in [1.807, 2.05) is 0 Å². The lowest BCUT2D eigenvalue weighted by atomic mass is 9.74. The molecule has 0 amide bonds. The minimum absolute atomic E-state index is 0.344. The van der Waals surface area contributed by atoms with Crippen LogP contribution in [0.25, 0.3) is 0 Å². The molecule has 2 aromatic carbocycles. The van der Waals surface area contributed by atoms with Gasteiger partial charge in [0, 0.05) is 0 Å². The average Bonchev–Trinajstić information content (AvgIpc) is 3.46. The van der Waals surface area contributed by atoms with Crippen LogP contribution in [-0.4, -0.2) is 24.5 Å². The smallest absolute Gasteiger partial charge is 0.399 e. The number of nitrogens with zero attached hydrogens (tertiary/aromatic N) is 1. The minimum atomic E-state index is -0.345. The Morgan fingerprint density at radius 2 is 1.76 bits per heavy atom. The molecule has 0 radical (unpaired) electrons. The van der Waals surface area contributed by atoms with E-state index in [4.69, 9.17) is 15.2 Å². The maximum absolute atomic E-state index is 6.29. The summed E-state index contributed by atoms with van der Waals surface area (Å²) in [5, 5.41) is 3.80. The third kappa shape index (κ3) is 3.86. The zero-order valence-corrected chi connectivity index (χ0v) is 18.2. The van der Waals surface area contributed by atoms with Gasteiger partial charge in [0.25, 0.3) is 0 Å². The van der Waals surface area contributed by atoms with Gasteiger partial charge in [-0.3, -0.25) is 0 Å². The molecule has 1 saturated carbocycles. The summed E-state index contributed by atoms with van der Waals surface area (Å²) < 4.78 is 12.6. The van der Waals surface area contributed by atoms with E-state index in [0.29, 0.717) is 5.92 Å². The van der Waals surface area contributed by atoms with Crippen molar-refractivity contribution in [3.05, 3.63) is 64.2 Å². The predicted octanol–water partition coefficient (Wildman–Crippen LogP) is 4.06. The fourth-order valence-electron chi connectivity index (χ4n) is 3.97. The molecular formula is C24H31BN2O2. The zero-order valence-electron chi connectivity index (χ0n) is 18.2.